The topological polar surface area (TPSA) is 52.5 Å². The van der Waals surface area contributed by atoms with Crippen LogP contribution in [0.4, 0.5) is 0 Å². The number of aliphatic hydroxyl groups is 1. The van der Waals surface area contributed by atoms with E-state index >= 15 is 0 Å². The minimum Gasteiger partial charge on any atom is -0.507 e. The van der Waals surface area contributed by atoms with Gasteiger partial charge in [0.1, 0.15) is 5.75 Å². The molecule has 0 bridgehead atoms. The van der Waals surface area contributed by atoms with E-state index in [1.54, 1.807) is 0 Å². The molecule has 0 radical (unpaired) electrons. The van der Waals surface area contributed by atoms with Crippen molar-refractivity contribution < 1.29 is 10.2 Å². The van der Waals surface area contributed by atoms with E-state index in [0.717, 1.165) is 30.5 Å². The number of phenols is 1. The molecule has 102 valence electrons. The minimum atomic E-state index is -0.0422. The number of phenolic OH excluding ortho intramolecular Hbond substituents is 1. The number of nitrogens with one attached hydrogen (secondary N) is 1. The molecule has 0 atom stereocenters. The van der Waals surface area contributed by atoms with Gasteiger partial charge >= 0.3 is 0 Å². The van der Waals surface area contributed by atoms with Crippen molar-refractivity contribution in [1.82, 2.24) is 5.32 Å². The van der Waals surface area contributed by atoms with Crippen LogP contribution in [0.3, 0.4) is 0 Å². The lowest BCUT2D eigenvalue weighted by atomic mass is 9.83. The van der Waals surface area contributed by atoms with Gasteiger partial charge in [-0.15, -0.1) is 0 Å². The Labute approximate surface area is 110 Å². The number of hydrogen-bond acceptors (Lipinski definition) is 3. The van der Waals surface area contributed by atoms with E-state index in [2.05, 4.69) is 19.2 Å². The summed E-state index contributed by atoms with van der Waals surface area (Å²) in [5.74, 6) is 0.368. The van der Waals surface area contributed by atoms with Gasteiger partial charge in [0.2, 0.25) is 0 Å². The van der Waals surface area contributed by atoms with Crippen molar-refractivity contribution in [2.24, 2.45) is 5.41 Å². The number of rotatable bonds is 7. The van der Waals surface area contributed by atoms with Crippen LogP contribution in [0, 0.1) is 12.3 Å². The molecule has 0 aliphatic rings. The highest BCUT2D eigenvalue weighted by Crippen LogP contribution is 2.25. The van der Waals surface area contributed by atoms with E-state index in [9.17, 15) is 10.2 Å². The second-order valence-corrected chi connectivity index (χ2v) is 5.05. The summed E-state index contributed by atoms with van der Waals surface area (Å²) in [4.78, 5) is 0. The van der Waals surface area contributed by atoms with Crippen molar-refractivity contribution in [3.05, 3.63) is 29.3 Å². The summed E-state index contributed by atoms with van der Waals surface area (Å²) in [5.41, 5.74) is 1.77. The molecule has 0 amide bonds. The van der Waals surface area contributed by atoms with Gasteiger partial charge in [0.15, 0.2) is 0 Å². The van der Waals surface area contributed by atoms with Crippen LogP contribution in [0.15, 0.2) is 18.2 Å². The maximum Gasteiger partial charge on any atom is 0.122 e. The number of aromatic hydroxyl groups is 1. The van der Waals surface area contributed by atoms with Crippen molar-refractivity contribution in [3.63, 3.8) is 0 Å². The van der Waals surface area contributed by atoms with Gasteiger partial charge in [-0.25, -0.2) is 0 Å². The highest BCUT2D eigenvalue weighted by atomic mass is 16.3. The van der Waals surface area contributed by atoms with Gasteiger partial charge in [-0.2, -0.15) is 0 Å². The first kappa shape index (κ1) is 15.0. The molecule has 3 N–H and O–H groups in total. The Morgan fingerprint density at radius 2 is 1.89 bits per heavy atom. The summed E-state index contributed by atoms with van der Waals surface area (Å²) in [6.45, 7) is 7.71. The number of aliphatic hydroxyl groups excluding tert-OH is 1. The first-order valence-electron chi connectivity index (χ1n) is 6.67. The molecule has 18 heavy (non-hydrogen) atoms. The van der Waals surface area contributed by atoms with E-state index in [4.69, 9.17) is 0 Å². The minimum absolute atomic E-state index is 0.0422. The molecular weight excluding hydrogens is 226 g/mol. The highest BCUT2D eigenvalue weighted by Gasteiger charge is 2.24. The zero-order chi connectivity index (χ0) is 13.6. The third kappa shape index (κ3) is 3.47. The average Bonchev–Trinajstić information content (AvgIpc) is 2.40. The molecule has 0 unspecified atom stereocenters. The summed E-state index contributed by atoms with van der Waals surface area (Å²) in [6, 6.07) is 5.77. The zero-order valence-electron chi connectivity index (χ0n) is 11.7. The van der Waals surface area contributed by atoms with Crippen molar-refractivity contribution in [1.29, 1.82) is 0 Å². The molecular formula is C15H25NO2. The Morgan fingerprint density at radius 3 is 2.44 bits per heavy atom. The van der Waals surface area contributed by atoms with Crippen molar-refractivity contribution in [2.45, 2.75) is 40.2 Å². The SMILES string of the molecule is CCC(CC)(CO)CNCc1cccc(C)c1O. The lowest BCUT2D eigenvalue weighted by Gasteiger charge is -2.29. The molecule has 0 heterocycles. The number of aryl methyl sites for hydroxylation is 1. The van der Waals surface area contributed by atoms with Crippen molar-refractivity contribution >= 4 is 0 Å². The molecule has 0 fully saturated rings. The van der Waals surface area contributed by atoms with Gasteiger partial charge in [-0.05, 0) is 25.3 Å². The van der Waals surface area contributed by atoms with Crippen molar-refractivity contribution in [3.8, 4) is 5.75 Å². The van der Waals surface area contributed by atoms with E-state index in [1.807, 2.05) is 25.1 Å². The maximum atomic E-state index is 9.91. The smallest absolute Gasteiger partial charge is 0.122 e. The fourth-order valence-corrected chi connectivity index (χ4v) is 2.10. The molecule has 0 aliphatic heterocycles. The summed E-state index contributed by atoms with van der Waals surface area (Å²) in [7, 11) is 0. The van der Waals surface area contributed by atoms with E-state index < -0.39 is 0 Å². The van der Waals surface area contributed by atoms with Gasteiger partial charge in [-0.3, -0.25) is 0 Å². The third-order valence-electron chi connectivity index (χ3n) is 3.97. The van der Waals surface area contributed by atoms with Crippen LogP contribution in [-0.4, -0.2) is 23.4 Å². The molecule has 3 heteroatoms. The van der Waals surface area contributed by atoms with Gasteiger partial charge in [0.05, 0.1) is 0 Å². The quantitative estimate of drug-likeness (QED) is 0.698. The number of benzene rings is 1. The third-order valence-corrected chi connectivity index (χ3v) is 3.97. The predicted octanol–water partition coefficient (Wildman–Crippen LogP) is 2.59. The van der Waals surface area contributed by atoms with Crippen LogP contribution in [0.25, 0.3) is 0 Å². The summed E-state index contributed by atoms with van der Waals surface area (Å²) in [5, 5.41) is 22.7. The second kappa shape index (κ2) is 6.76. The van der Waals surface area contributed by atoms with Gasteiger partial charge in [-0.1, -0.05) is 32.0 Å². The molecule has 3 nitrogen and oxygen atoms in total. The monoisotopic (exact) mass is 251 g/mol. The molecule has 0 saturated carbocycles. The van der Waals surface area contributed by atoms with Crippen LogP contribution in [0.5, 0.6) is 5.75 Å². The van der Waals surface area contributed by atoms with Gasteiger partial charge in [0.25, 0.3) is 0 Å². The molecule has 1 aromatic carbocycles. The Bertz CT molecular complexity index is 364. The van der Waals surface area contributed by atoms with Gasteiger partial charge in [0, 0.05) is 30.7 Å². The van der Waals surface area contributed by atoms with E-state index in [1.165, 1.54) is 0 Å². The normalized spacial score (nSPS) is 11.8. The van der Waals surface area contributed by atoms with Crippen LogP contribution in [0.2, 0.25) is 0 Å². The molecule has 0 aromatic heterocycles. The number of hydrogen-bond donors (Lipinski definition) is 3. The van der Waals surface area contributed by atoms with E-state index in [0.29, 0.717) is 12.3 Å². The lowest BCUT2D eigenvalue weighted by molar-refractivity contribution is 0.113. The first-order valence-corrected chi connectivity index (χ1v) is 6.67. The van der Waals surface area contributed by atoms with Gasteiger partial charge < -0.3 is 15.5 Å². The molecule has 1 rings (SSSR count). The number of para-hydroxylation sites is 1. The Balaban J connectivity index is 2.58. The molecule has 0 aliphatic carbocycles. The zero-order valence-corrected chi connectivity index (χ0v) is 11.7. The lowest BCUT2D eigenvalue weighted by Crippen LogP contribution is -2.36. The van der Waals surface area contributed by atoms with Crippen LogP contribution < -0.4 is 5.32 Å². The molecule has 1 aromatic rings. The highest BCUT2D eigenvalue weighted by molar-refractivity contribution is 5.39. The maximum absolute atomic E-state index is 9.91. The fourth-order valence-electron chi connectivity index (χ4n) is 2.10. The van der Waals surface area contributed by atoms with Crippen LogP contribution >= 0.6 is 0 Å². The van der Waals surface area contributed by atoms with E-state index in [-0.39, 0.29) is 12.0 Å². The first-order chi connectivity index (χ1) is 8.58. The fraction of sp³-hybridized carbons (Fsp3) is 0.600. The Hall–Kier alpha value is -1.06. The molecule has 0 saturated heterocycles. The predicted molar refractivity (Wildman–Crippen MR) is 74.7 cm³/mol. The Kier molecular flexibility index (Phi) is 5.63. The standard InChI is InChI=1S/C15H25NO2/c1-4-15(5-2,11-17)10-16-9-13-8-6-7-12(3)14(13)18/h6-8,16-18H,4-5,9-11H2,1-3H3. The summed E-state index contributed by atoms with van der Waals surface area (Å²) < 4.78 is 0. The van der Waals surface area contributed by atoms with Crippen LogP contribution in [-0.2, 0) is 6.54 Å². The summed E-state index contributed by atoms with van der Waals surface area (Å²) >= 11 is 0. The Morgan fingerprint density at radius 1 is 1.22 bits per heavy atom. The summed E-state index contributed by atoms with van der Waals surface area (Å²) in [6.07, 6.45) is 1.90. The largest absolute Gasteiger partial charge is 0.507 e. The molecule has 0 spiro atoms. The van der Waals surface area contributed by atoms with Crippen molar-refractivity contribution in [2.75, 3.05) is 13.2 Å². The second-order valence-electron chi connectivity index (χ2n) is 5.05. The average molecular weight is 251 g/mol. The van der Waals surface area contributed by atoms with Crippen LogP contribution in [0.1, 0.15) is 37.8 Å².